The molecule has 3 aromatic carbocycles. The van der Waals surface area contributed by atoms with E-state index in [1.165, 1.54) is 12.1 Å². The molecule has 0 bridgehead atoms. The van der Waals surface area contributed by atoms with Crippen molar-refractivity contribution in [3.63, 3.8) is 0 Å². The SMILES string of the molecule is [C-]#[N+]C([N+]#[C-])=C1Cc2c(F)c3c(c(F)c2=C1c1c(F)c(F)c(C)c(F)c1F)CC(=C(C#N)C#N)C=3c1c(F)c(F)c(OC(F)(F)F)c(F)c1F. The number of nitriles is 2. The van der Waals surface area contributed by atoms with E-state index in [0.717, 1.165) is 0 Å². The Morgan fingerprint density at radius 2 is 1.00 bits per heavy atom. The molecular weight excluding hydrogens is 703 g/mol. The Morgan fingerprint density at radius 3 is 1.38 bits per heavy atom. The van der Waals surface area contributed by atoms with Crippen molar-refractivity contribution in [3.05, 3.63) is 142 Å². The second-order valence-electron chi connectivity index (χ2n) is 10.3. The van der Waals surface area contributed by atoms with Gasteiger partial charge >= 0.3 is 12.2 Å². The zero-order valence-corrected chi connectivity index (χ0v) is 24.0. The minimum Gasteiger partial charge on any atom is -0.399 e. The number of allylic oxidation sites excluding steroid dienone is 3. The van der Waals surface area contributed by atoms with Crippen LogP contribution in [0.25, 0.3) is 20.8 Å². The van der Waals surface area contributed by atoms with E-state index >= 15 is 26.3 Å². The number of hydrogen-bond donors (Lipinski definition) is 0. The normalized spacial score (nSPS) is 13.4. The zero-order chi connectivity index (χ0) is 37.3. The highest BCUT2D eigenvalue weighted by atomic mass is 19.4. The minimum absolute atomic E-state index is 0.625. The van der Waals surface area contributed by atoms with Crippen molar-refractivity contribution in [3.8, 4) is 17.9 Å². The van der Waals surface area contributed by atoms with Crippen LogP contribution < -0.4 is 15.2 Å². The van der Waals surface area contributed by atoms with Crippen LogP contribution in [0.15, 0.2) is 22.5 Å². The van der Waals surface area contributed by atoms with Crippen LogP contribution in [0.1, 0.15) is 27.8 Å². The molecule has 50 heavy (non-hydrogen) atoms. The molecule has 0 unspecified atom stereocenters. The molecule has 5 rings (SSSR count). The summed E-state index contributed by atoms with van der Waals surface area (Å²) in [5.41, 5.74) is -12.9. The van der Waals surface area contributed by atoms with Gasteiger partial charge in [-0.2, -0.15) is 29.0 Å². The lowest BCUT2D eigenvalue weighted by Gasteiger charge is -2.16. The zero-order valence-electron chi connectivity index (χ0n) is 24.0. The third-order valence-electron chi connectivity index (χ3n) is 7.81. The fourth-order valence-corrected chi connectivity index (χ4v) is 5.74. The molecule has 3 aromatic rings. The summed E-state index contributed by atoms with van der Waals surface area (Å²) in [6.45, 7) is 15.2. The second kappa shape index (κ2) is 12.0. The van der Waals surface area contributed by atoms with Crippen molar-refractivity contribution < 1.29 is 61.8 Å². The molecular formula is C32H7F13N4O. The van der Waals surface area contributed by atoms with Gasteiger partial charge < -0.3 is 4.74 Å². The van der Waals surface area contributed by atoms with Gasteiger partial charge in [-0.25, -0.2) is 35.1 Å². The smallest absolute Gasteiger partial charge is 0.399 e. The number of fused-ring (bicyclic) bond motifs is 2. The molecule has 0 atom stereocenters. The highest BCUT2D eigenvalue weighted by Crippen LogP contribution is 2.42. The van der Waals surface area contributed by atoms with E-state index in [9.17, 15) is 41.3 Å². The van der Waals surface area contributed by atoms with Crippen LogP contribution in [0.3, 0.4) is 0 Å². The Labute approximate surface area is 269 Å². The van der Waals surface area contributed by atoms with Crippen LogP contribution in [-0.4, -0.2) is 6.36 Å². The molecule has 0 amide bonds. The second-order valence-corrected chi connectivity index (χ2v) is 10.3. The lowest BCUT2D eigenvalue weighted by molar-refractivity contribution is -0.276. The van der Waals surface area contributed by atoms with Crippen LogP contribution in [0.5, 0.6) is 5.75 Å². The van der Waals surface area contributed by atoms with E-state index < -0.39 is 155 Å². The van der Waals surface area contributed by atoms with E-state index in [0.29, 0.717) is 6.92 Å². The van der Waals surface area contributed by atoms with E-state index in [1.807, 2.05) is 0 Å². The number of benzene rings is 3. The number of alkyl halides is 3. The molecule has 252 valence electrons. The van der Waals surface area contributed by atoms with E-state index in [1.54, 1.807) is 0 Å². The number of ether oxygens (including phenoxy) is 1. The van der Waals surface area contributed by atoms with Crippen molar-refractivity contribution in [2.24, 2.45) is 0 Å². The van der Waals surface area contributed by atoms with Gasteiger partial charge in [0.2, 0.25) is 17.4 Å². The first-order valence-electron chi connectivity index (χ1n) is 13.1. The van der Waals surface area contributed by atoms with Crippen molar-refractivity contribution in [2.45, 2.75) is 26.1 Å². The van der Waals surface area contributed by atoms with Crippen LogP contribution >= 0.6 is 0 Å². The molecule has 2 aliphatic carbocycles. The Kier molecular flexibility index (Phi) is 8.41. The Bertz CT molecular complexity index is 2410. The maximum absolute atomic E-state index is 16.7. The van der Waals surface area contributed by atoms with E-state index in [4.69, 9.17) is 13.1 Å². The predicted molar refractivity (Wildman–Crippen MR) is 140 cm³/mol. The Hall–Kier alpha value is -6.27. The van der Waals surface area contributed by atoms with E-state index in [2.05, 4.69) is 14.4 Å². The topological polar surface area (TPSA) is 65.5 Å². The molecule has 0 heterocycles. The number of rotatable bonds is 3. The molecule has 0 aliphatic heterocycles. The molecule has 0 spiro atoms. The van der Waals surface area contributed by atoms with Gasteiger partial charge in [0, 0.05) is 45.5 Å². The fourth-order valence-electron chi connectivity index (χ4n) is 5.74. The van der Waals surface area contributed by atoms with E-state index in [-0.39, 0.29) is 0 Å². The van der Waals surface area contributed by atoms with Gasteiger partial charge in [-0.05, 0) is 18.1 Å². The Balaban J connectivity index is 2.09. The highest BCUT2D eigenvalue weighted by molar-refractivity contribution is 5.89. The number of halogens is 13. The lowest BCUT2D eigenvalue weighted by atomic mass is 9.94. The largest absolute Gasteiger partial charge is 0.573 e. The summed E-state index contributed by atoms with van der Waals surface area (Å²) in [4.78, 5) is 5.64. The predicted octanol–water partition coefficient (Wildman–Crippen LogP) is 7.19. The van der Waals surface area contributed by atoms with Crippen molar-refractivity contribution in [2.75, 3.05) is 0 Å². The van der Waals surface area contributed by atoms with Gasteiger partial charge in [0.15, 0.2) is 34.9 Å². The monoisotopic (exact) mass is 710 g/mol. The average Bonchev–Trinajstić information content (AvgIpc) is 3.65. The van der Waals surface area contributed by atoms with Crippen molar-refractivity contribution in [1.82, 2.24) is 0 Å². The van der Waals surface area contributed by atoms with Crippen molar-refractivity contribution in [1.29, 1.82) is 10.5 Å². The standard InChI is InChI=1S/C32H7F13N4O/c1-8-20(33)24(37)19(25(38)21(8)34)15-13(31(48-2)49-3)5-12-17(15)22(35)11-4-10(9(6-46)7-47)14(16(11)23(12)36)18-26(39)28(41)30(29(42)27(18)40)50-32(43,44)45/h4-5H2,1H3. The molecule has 0 aromatic heterocycles. The summed E-state index contributed by atoms with van der Waals surface area (Å²) in [6.07, 6.45) is -8.34. The quantitative estimate of drug-likeness (QED) is 0.125. The summed E-state index contributed by atoms with van der Waals surface area (Å²) in [5, 5.41) is 16.4. The molecule has 0 radical (unpaired) electrons. The average molecular weight is 710 g/mol. The maximum atomic E-state index is 16.7. The molecule has 18 heteroatoms. The van der Waals surface area contributed by atoms with Gasteiger partial charge in [-0.3, -0.25) is 0 Å². The first-order chi connectivity index (χ1) is 23.4. The van der Waals surface area contributed by atoms with Gasteiger partial charge in [-0.1, -0.05) is 0 Å². The third-order valence-corrected chi connectivity index (χ3v) is 7.81. The van der Waals surface area contributed by atoms with Crippen LogP contribution in [0, 0.1) is 101 Å². The van der Waals surface area contributed by atoms with Crippen LogP contribution in [0.4, 0.5) is 57.1 Å². The number of nitrogens with zero attached hydrogens (tertiary/aromatic N) is 4. The van der Waals surface area contributed by atoms with Crippen LogP contribution in [0.2, 0.25) is 0 Å². The summed E-state index contributed by atoms with van der Waals surface area (Å²) in [7, 11) is 0. The first-order valence-corrected chi connectivity index (χ1v) is 13.1. The fraction of sp³-hybridized carbons (Fsp3) is 0.125. The lowest BCUT2D eigenvalue weighted by Crippen LogP contribution is -2.28. The molecule has 5 nitrogen and oxygen atoms in total. The highest BCUT2D eigenvalue weighted by Gasteiger charge is 2.42. The van der Waals surface area contributed by atoms with Crippen LogP contribution in [-0.2, 0) is 12.8 Å². The van der Waals surface area contributed by atoms with Gasteiger partial charge in [0.05, 0.1) is 16.7 Å². The summed E-state index contributed by atoms with van der Waals surface area (Å²) >= 11 is 0. The summed E-state index contributed by atoms with van der Waals surface area (Å²) in [6, 6.07) is 2.45. The summed E-state index contributed by atoms with van der Waals surface area (Å²) < 4.78 is 195. The third kappa shape index (κ3) is 4.91. The molecule has 0 N–H and O–H groups in total. The molecule has 2 aliphatic rings. The Morgan fingerprint density at radius 1 is 0.620 bits per heavy atom. The van der Waals surface area contributed by atoms with Gasteiger partial charge in [0.1, 0.15) is 42.5 Å². The molecule has 0 fully saturated rings. The summed E-state index contributed by atoms with van der Waals surface area (Å²) in [5.74, 6) is -26.8. The molecule has 0 saturated carbocycles. The van der Waals surface area contributed by atoms with Gasteiger partial charge in [0.25, 0.3) is 0 Å². The number of hydrogen-bond acceptors (Lipinski definition) is 3. The van der Waals surface area contributed by atoms with Crippen molar-refractivity contribution >= 4 is 11.1 Å². The van der Waals surface area contributed by atoms with Gasteiger partial charge in [-0.15, -0.1) is 13.2 Å². The molecule has 0 saturated heterocycles. The maximum Gasteiger partial charge on any atom is 0.573 e. The first kappa shape index (κ1) is 35.0. The minimum atomic E-state index is -5.90.